The van der Waals surface area contributed by atoms with Gasteiger partial charge in [-0.2, -0.15) is 0 Å². The van der Waals surface area contributed by atoms with Crippen LogP contribution in [0.5, 0.6) is 5.75 Å². The van der Waals surface area contributed by atoms with Crippen molar-refractivity contribution < 1.29 is 9.53 Å². The van der Waals surface area contributed by atoms with Gasteiger partial charge >= 0.3 is 0 Å². The van der Waals surface area contributed by atoms with Crippen LogP contribution in [0.1, 0.15) is 15.9 Å². The Balaban J connectivity index is 2.07. The van der Waals surface area contributed by atoms with Crippen molar-refractivity contribution in [3.05, 3.63) is 62.5 Å². The van der Waals surface area contributed by atoms with Crippen molar-refractivity contribution in [2.45, 2.75) is 6.92 Å². The third kappa shape index (κ3) is 3.67. The van der Waals surface area contributed by atoms with E-state index < -0.39 is 0 Å². The molecule has 0 fully saturated rings. The number of ether oxygens (including phenoxy) is 1. The fraction of sp³-hybridized carbons (Fsp3) is 0.133. The molecule has 2 aromatic carbocycles. The van der Waals surface area contributed by atoms with Gasteiger partial charge in [-0.1, -0.05) is 40.2 Å². The molecule has 2 nitrogen and oxygen atoms in total. The first kappa shape index (κ1) is 14.3. The van der Waals surface area contributed by atoms with Crippen LogP contribution >= 0.6 is 31.9 Å². The van der Waals surface area contributed by atoms with E-state index >= 15 is 0 Å². The summed E-state index contributed by atoms with van der Waals surface area (Å²) in [5.74, 6) is 0.637. The van der Waals surface area contributed by atoms with Crippen LogP contribution in [0.25, 0.3) is 0 Å². The third-order valence-electron chi connectivity index (χ3n) is 2.70. The first-order chi connectivity index (χ1) is 9.08. The summed E-state index contributed by atoms with van der Waals surface area (Å²) in [7, 11) is 0. The molecule has 0 amide bonds. The second-order valence-electron chi connectivity index (χ2n) is 4.10. The highest BCUT2D eigenvalue weighted by atomic mass is 79.9. The molecule has 0 saturated heterocycles. The van der Waals surface area contributed by atoms with Crippen molar-refractivity contribution >= 4 is 37.6 Å². The molecule has 0 aliphatic heterocycles. The Morgan fingerprint density at radius 3 is 2.58 bits per heavy atom. The van der Waals surface area contributed by atoms with Gasteiger partial charge in [0.1, 0.15) is 5.75 Å². The van der Waals surface area contributed by atoms with Gasteiger partial charge < -0.3 is 4.74 Å². The number of benzene rings is 2. The van der Waals surface area contributed by atoms with Gasteiger partial charge in [0.25, 0.3) is 0 Å². The topological polar surface area (TPSA) is 26.3 Å². The predicted molar refractivity (Wildman–Crippen MR) is 82.8 cm³/mol. The normalized spacial score (nSPS) is 10.3. The summed E-state index contributed by atoms with van der Waals surface area (Å²) in [6, 6.07) is 13.1. The van der Waals surface area contributed by atoms with Crippen LogP contribution in [0, 0.1) is 6.92 Å². The second-order valence-corrected chi connectivity index (χ2v) is 5.87. The third-order valence-corrected chi connectivity index (χ3v) is 3.81. The van der Waals surface area contributed by atoms with Gasteiger partial charge in [-0.25, -0.2) is 0 Å². The van der Waals surface area contributed by atoms with Crippen molar-refractivity contribution in [3.8, 4) is 5.75 Å². The average molecular weight is 384 g/mol. The van der Waals surface area contributed by atoms with E-state index in [0.717, 1.165) is 14.5 Å². The van der Waals surface area contributed by atoms with Crippen LogP contribution < -0.4 is 4.74 Å². The monoisotopic (exact) mass is 382 g/mol. The van der Waals surface area contributed by atoms with E-state index in [2.05, 4.69) is 31.9 Å². The van der Waals surface area contributed by atoms with E-state index in [1.54, 1.807) is 0 Å². The molecule has 0 aliphatic carbocycles. The molecule has 4 heteroatoms. The summed E-state index contributed by atoms with van der Waals surface area (Å²) in [6.07, 6.45) is 0. The van der Waals surface area contributed by atoms with Crippen LogP contribution in [0.3, 0.4) is 0 Å². The molecule has 0 heterocycles. The molecule has 0 atom stereocenters. The maximum atomic E-state index is 12.1. The fourth-order valence-electron chi connectivity index (χ4n) is 1.70. The molecular formula is C15H12Br2O2. The zero-order valence-corrected chi connectivity index (χ0v) is 13.5. The van der Waals surface area contributed by atoms with Crippen molar-refractivity contribution in [3.63, 3.8) is 0 Å². The lowest BCUT2D eigenvalue weighted by atomic mass is 10.1. The number of Topliss-reactive ketones (excluding diaryl/α,β-unsaturated/α-hetero) is 1. The number of hydrogen-bond donors (Lipinski definition) is 0. The quantitative estimate of drug-likeness (QED) is 0.710. The minimum atomic E-state index is -0.0204. The SMILES string of the molecule is Cc1ccccc1C(=O)COc1ccc(Br)cc1Br. The molecule has 0 radical (unpaired) electrons. The van der Waals surface area contributed by atoms with Crippen LogP contribution in [-0.2, 0) is 0 Å². The van der Waals surface area contributed by atoms with Gasteiger partial charge in [0, 0.05) is 10.0 Å². The number of aryl methyl sites for hydroxylation is 1. The van der Waals surface area contributed by atoms with E-state index in [-0.39, 0.29) is 12.4 Å². The van der Waals surface area contributed by atoms with E-state index in [1.165, 1.54) is 0 Å². The lowest BCUT2D eigenvalue weighted by Gasteiger charge is -2.09. The predicted octanol–water partition coefficient (Wildman–Crippen LogP) is 4.78. The largest absolute Gasteiger partial charge is 0.484 e. The van der Waals surface area contributed by atoms with Crippen LogP contribution in [0.15, 0.2) is 51.4 Å². The molecular weight excluding hydrogens is 372 g/mol. The molecule has 0 unspecified atom stereocenters. The Morgan fingerprint density at radius 1 is 1.16 bits per heavy atom. The molecule has 0 N–H and O–H groups in total. The summed E-state index contributed by atoms with van der Waals surface area (Å²) >= 11 is 6.77. The summed E-state index contributed by atoms with van der Waals surface area (Å²) in [5.41, 5.74) is 1.67. The minimum Gasteiger partial charge on any atom is -0.484 e. The highest BCUT2D eigenvalue weighted by Crippen LogP contribution is 2.28. The minimum absolute atomic E-state index is 0.0204. The molecule has 0 aliphatic rings. The Morgan fingerprint density at radius 2 is 1.89 bits per heavy atom. The second kappa shape index (κ2) is 6.35. The summed E-state index contributed by atoms with van der Waals surface area (Å²) in [4.78, 5) is 12.1. The van der Waals surface area contributed by atoms with Crippen molar-refractivity contribution in [1.82, 2.24) is 0 Å². The number of carbonyl (C=O) groups is 1. The lowest BCUT2D eigenvalue weighted by molar-refractivity contribution is 0.0920. The maximum Gasteiger partial charge on any atom is 0.200 e. The number of hydrogen-bond acceptors (Lipinski definition) is 2. The lowest BCUT2D eigenvalue weighted by Crippen LogP contribution is -2.13. The van der Waals surface area contributed by atoms with E-state index in [1.807, 2.05) is 49.4 Å². The average Bonchev–Trinajstić information content (AvgIpc) is 2.38. The van der Waals surface area contributed by atoms with E-state index in [0.29, 0.717) is 11.3 Å². The van der Waals surface area contributed by atoms with Crippen molar-refractivity contribution in [1.29, 1.82) is 0 Å². The van der Waals surface area contributed by atoms with Gasteiger partial charge in [-0.3, -0.25) is 4.79 Å². The molecule has 0 spiro atoms. The van der Waals surface area contributed by atoms with Gasteiger partial charge in [-0.15, -0.1) is 0 Å². The molecule has 0 bridgehead atoms. The highest BCUT2D eigenvalue weighted by Gasteiger charge is 2.10. The van der Waals surface area contributed by atoms with Crippen LogP contribution in [-0.4, -0.2) is 12.4 Å². The van der Waals surface area contributed by atoms with Gasteiger partial charge in [0.2, 0.25) is 0 Å². The Hall–Kier alpha value is -1.13. The highest BCUT2D eigenvalue weighted by molar-refractivity contribution is 9.11. The zero-order valence-electron chi connectivity index (χ0n) is 10.3. The summed E-state index contributed by atoms with van der Waals surface area (Å²) < 4.78 is 7.32. The number of carbonyl (C=O) groups excluding carboxylic acids is 1. The molecule has 2 aromatic rings. The Kier molecular flexibility index (Phi) is 4.77. The molecule has 19 heavy (non-hydrogen) atoms. The number of halogens is 2. The maximum absolute atomic E-state index is 12.1. The molecule has 0 aromatic heterocycles. The van der Waals surface area contributed by atoms with Crippen molar-refractivity contribution in [2.75, 3.05) is 6.61 Å². The van der Waals surface area contributed by atoms with Gasteiger partial charge in [0.15, 0.2) is 12.4 Å². The molecule has 0 saturated carbocycles. The summed E-state index contributed by atoms with van der Waals surface area (Å²) in [5, 5.41) is 0. The van der Waals surface area contributed by atoms with Gasteiger partial charge in [0.05, 0.1) is 4.47 Å². The summed E-state index contributed by atoms with van der Waals surface area (Å²) in [6.45, 7) is 1.95. The van der Waals surface area contributed by atoms with Crippen LogP contribution in [0.4, 0.5) is 0 Å². The first-order valence-electron chi connectivity index (χ1n) is 5.74. The first-order valence-corrected chi connectivity index (χ1v) is 7.33. The Labute approximate surface area is 129 Å². The smallest absolute Gasteiger partial charge is 0.200 e. The zero-order chi connectivity index (χ0) is 13.8. The fourth-order valence-corrected chi connectivity index (χ4v) is 2.86. The van der Waals surface area contributed by atoms with E-state index in [4.69, 9.17) is 4.74 Å². The molecule has 2 rings (SSSR count). The standard InChI is InChI=1S/C15H12Br2O2/c1-10-4-2-3-5-12(10)14(18)9-19-15-7-6-11(16)8-13(15)17/h2-8H,9H2,1H3. The van der Waals surface area contributed by atoms with Gasteiger partial charge in [-0.05, 0) is 46.6 Å². The molecule has 98 valence electrons. The van der Waals surface area contributed by atoms with Crippen molar-refractivity contribution in [2.24, 2.45) is 0 Å². The Bertz CT molecular complexity index is 609. The van der Waals surface area contributed by atoms with E-state index in [9.17, 15) is 4.79 Å². The number of ketones is 1. The van der Waals surface area contributed by atoms with Crippen LogP contribution in [0.2, 0.25) is 0 Å². The number of rotatable bonds is 4.